The lowest BCUT2D eigenvalue weighted by Crippen LogP contribution is -1.94. The van der Waals surface area contributed by atoms with E-state index in [1.165, 1.54) is 6.07 Å². The molecule has 1 rings (SSSR count). The van der Waals surface area contributed by atoms with E-state index in [2.05, 4.69) is 11.8 Å². The normalized spacial score (nSPS) is 9.82. The number of nitrogens with two attached hydrogens (primary N) is 1. The van der Waals surface area contributed by atoms with Gasteiger partial charge in [0.25, 0.3) is 0 Å². The first-order chi connectivity index (χ1) is 8.27. The molecule has 0 heterocycles. The summed E-state index contributed by atoms with van der Waals surface area (Å²) in [7, 11) is 0. The van der Waals surface area contributed by atoms with Crippen molar-refractivity contribution in [3.8, 4) is 11.8 Å². The fourth-order valence-electron chi connectivity index (χ4n) is 1.24. The molecular weight excluding hydrogens is 237 g/mol. The van der Waals surface area contributed by atoms with Crippen molar-refractivity contribution in [3.63, 3.8) is 0 Å². The van der Waals surface area contributed by atoms with Gasteiger partial charge in [0.05, 0.1) is 6.54 Å². The predicted molar refractivity (Wildman–Crippen MR) is 70.2 cm³/mol. The number of hydrogen-bond donors (Lipinski definition) is 2. The zero-order chi connectivity index (χ0) is 12.5. The van der Waals surface area contributed by atoms with E-state index in [9.17, 15) is 4.39 Å². The summed E-state index contributed by atoms with van der Waals surface area (Å²) >= 11 is 1.61. The third kappa shape index (κ3) is 5.22. The fraction of sp³-hybridized carbons (Fsp3) is 0.385. The minimum absolute atomic E-state index is 0.184. The number of aliphatic hydroxyl groups is 1. The van der Waals surface area contributed by atoms with Crippen molar-refractivity contribution < 1.29 is 9.50 Å². The van der Waals surface area contributed by atoms with Gasteiger partial charge < -0.3 is 10.8 Å². The van der Waals surface area contributed by atoms with Crippen LogP contribution in [-0.4, -0.2) is 24.0 Å². The average molecular weight is 253 g/mol. The number of thioether (sulfide) groups is 1. The summed E-state index contributed by atoms with van der Waals surface area (Å²) in [5.74, 6) is 6.71. The molecule has 0 fully saturated rings. The number of rotatable bonds is 5. The third-order valence-corrected chi connectivity index (χ3v) is 3.18. The van der Waals surface area contributed by atoms with E-state index >= 15 is 0 Å². The average Bonchev–Trinajstić information content (AvgIpc) is 2.34. The maximum atomic E-state index is 13.6. The highest BCUT2D eigenvalue weighted by Gasteiger charge is 2.02. The second kappa shape index (κ2) is 8.13. The molecule has 0 bridgehead atoms. The van der Waals surface area contributed by atoms with Crippen LogP contribution in [0.3, 0.4) is 0 Å². The summed E-state index contributed by atoms with van der Waals surface area (Å²) in [5, 5.41) is 8.62. The Balaban J connectivity index is 2.57. The lowest BCUT2D eigenvalue weighted by atomic mass is 10.1. The van der Waals surface area contributed by atoms with E-state index in [0.29, 0.717) is 16.9 Å². The van der Waals surface area contributed by atoms with Gasteiger partial charge in [-0.15, -0.1) is 0 Å². The molecule has 2 nitrogen and oxygen atoms in total. The van der Waals surface area contributed by atoms with E-state index in [1.807, 2.05) is 0 Å². The Morgan fingerprint density at radius 3 is 2.88 bits per heavy atom. The Labute approximate surface area is 105 Å². The van der Waals surface area contributed by atoms with Crippen LogP contribution in [0.5, 0.6) is 0 Å². The second-order valence-electron chi connectivity index (χ2n) is 3.44. The molecule has 1 aromatic carbocycles. The van der Waals surface area contributed by atoms with Crippen molar-refractivity contribution >= 4 is 11.8 Å². The minimum Gasteiger partial charge on any atom is -0.396 e. The molecule has 0 aliphatic carbocycles. The molecule has 0 saturated carbocycles. The number of hydrogen-bond acceptors (Lipinski definition) is 3. The minimum atomic E-state index is -0.231. The standard InChI is InChI=1S/C13H16FNOS/c14-13-9-11(3-1-6-15)4-5-12(13)10-17-8-2-7-16/h4-5,9,16H,2,6-8,10,15H2. The molecule has 0 aromatic heterocycles. The van der Waals surface area contributed by atoms with Crippen molar-refractivity contribution in [2.45, 2.75) is 12.2 Å². The Kier molecular flexibility index (Phi) is 6.71. The van der Waals surface area contributed by atoms with Crippen molar-refractivity contribution in [1.29, 1.82) is 0 Å². The molecule has 0 unspecified atom stereocenters. The van der Waals surface area contributed by atoms with E-state index < -0.39 is 0 Å². The Bertz CT molecular complexity index is 412. The van der Waals surface area contributed by atoms with Gasteiger partial charge in [-0.05, 0) is 29.9 Å². The summed E-state index contributed by atoms with van der Waals surface area (Å²) in [5.41, 5.74) is 6.57. The van der Waals surface area contributed by atoms with Crippen molar-refractivity contribution in [2.24, 2.45) is 5.73 Å². The molecule has 17 heavy (non-hydrogen) atoms. The lowest BCUT2D eigenvalue weighted by molar-refractivity contribution is 0.296. The van der Waals surface area contributed by atoms with E-state index in [-0.39, 0.29) is 19.0 Å². The quantitative estimate of drug-likeness (QED) is 0.621. The first-order valence-electron chi connectivity index (χ1n) is 5.44. The molecule has 0 atom stereocenters. The van der Waals surface area contributed by atoms with Gasteiger partial charge in [-0.1, -0.05) is 17.9 Å². The van der Waals surface area contributed by atoms with Crippen LogP contribution < -0.4 is 5.73 Å². The summed E-state index contributed by atoms with van der Waals surface area (Å²) in [6.07, 6.45) is 0.742. The molecule has 0 radical (unpaired) electrons. The molecule has 92 valence electrons. The second-order valence-corrected chi connectivity index (χ2v) is 4.55. The molecule has 0 saturated heterocycles. The van der Waals surface area contributed by atoms with Crippen LogP contribution in [0.1, 0.15) is 17.5 Å². The molecule has 0 aliphatic rings. The molecule has 0 amide bonds. The number of aliphatic hydroxyl groups excluding tert-OH is 1. The molecule has 4 heteroatoms. The van der Waals surface area contributed by atoms with E-state index in [4.69, 9.17) is 10.8 Å². The van der Waals surface area contributed by atoms with Gasteiger partial charge in [-0.25, -0.2) is 4.39 Å². The van der Waals surface area contributed by atoms with Gasteiger partial charge in [0.1, 0.15) is 5.82 Å². The molecule has 3 N–H and O–H groups in total. The largest absolute Gasteiger partial charge is 0.396 e. The maximum absolute atomic E-state index is 13.6. The van der Waals surface area contributed by atoms with E-state index in [0.717, 1.165) is 12.2 Å². The zero-order valence-electron chi connectivity index (χ0n) is 9.58. The van der Waals surface area contributed by atoms with Gasteiger partial charge >= 0.3 is 0 Å². The van der Waals surface area contributed by atoms with Crippen LogP contribution in [0.2, 0.25) is 0 Å². The van der Waals surface area contributed by atoms with Crippen LogP contribution in [0, 0.1) is 17.7 Å². The van der Waals surface area contributed by atoms with E-state index in [1.54, 1.807) is 23.9 Å². The monoisotopic (exact) mass is 253 g/mol. The van der Waals surface area contributed by atoms with Gasteiger partial charge in [-0.2, -0.15) is 11.8 Å². The maximum Gasteiger partial charge on any atom is 0.128 e. The summed E-state index contributed by atoms with van der Waals surface area (Å²) in [6, 6.07) is 4.99. The highest BCUT2D eigenvalue weighted by molar-refractivity contribution is 7.98. The third-order valence-electron chi connectivity index (χ3n) is 2.09. The SMILES string of the molecule is NCC#Cc1ccc(CSCCCO)c(F)c1. The van der Waals surface area contributed by atoms with Gasteiger partial charge in [0, 0.05) is 17.9 Å². The topological polar surface area (TPSA) is 46.2 Å². The van der Waals surface area contributed by atoms with Crippen molar-refractivity contribution in [1.82, 2.24) is 0 Å². The van der Waals surface area contributed by atoms with Gasteiger partial charge in [0.15, 0.2) is 0 Å². The highest BCUT2D eigenvalue weighted by atomic mass is 32.2. The van der Waals surface area contributed by atoms with Crippen LogP contribution >= 0.6 is 11.8 Å². The summed E-state index contributed by atoms with van der Waals surface area (Å²) in [6.45, 7) is 0.462. The van der Waals surface area contributed by atoms with Gasteiger partial charge in [-0.3, -0.25) is 0 Å². The smallest absolute Gasteiger partial charge is 0.128 e. The Hall–Kier alpha value is -1.02. The fourth-order valence-corrected chi connectivity index (χ4v) is 2.18. The van der Waals surface area contributed by atoms with Crippen molar-refractivity contribution in [2.75, 3.05) is 18.9 Å². The number of benzene rings is 1. The van der Waals surface area contributed by atoms with Crippen molar-refractivity contribution in [3.05, 3.63) is 35.1 Å². The molecular formula is C13H16FNOS. The zero-order valence-corrected chi connectivity index (χ0v) is 10.4. The Morgan fingerprint density at radius 1 is 1.41 bits per heavy atom. The Morgan fingerprint density at radius 2 is 2.24 bits per heavy atom. The first-order valence-corrected chi connectivity index (χ1v) is 6.59. The van der Waals surface area contributed by atoms with Crippen LogP contribution in [-0.2, 0) is 5.75 Å². The molecule has 0 aliphatic heterocycles. The predicted octanol–water partition coefficient (Wildman–Crippen LogP) is 1.75. The van der Waals surface area contributed by atoms with Crippen LogP contribution in [0.15, 0.2) is 18.2 Å². The molecule has 0 spiro atoms. The van der Waals surface area contributed by atoms with Crippen LogP contribution in [0.25, 0.3) is 0 Å². The molecule has 1 aromatic rings. The summed E-state index contributed by atoms with van der Waals surface area (Å²) in [4.78, 5) is 0. The highest BCUT2D eigenvalue weighted by Crippen LogP contribution is 2.17. The number of halogens is 1. The van der Waals surface area contributed by atoms with Crippen LogP contribution in [0.4, 0.5) is 4.39 Å². The lowest BCUT2D eigenvalue weighted by Gasteiger charge is -2.03. The first kappa shape index (κ1) is 14.0. The van der Waals surface area contributed by atoms with Gasteiger partial charge in [0.2, 0.25) is 0 Å². The summed E-state index contributed by atoms with van der Waals surface area (Å²) < 4.78 is 13.6.